The van der Waals surface area contributed by atoms with Crippen molar-refractivity contribution in [1.29, 1.82) is 0 Å². The lowest BCUT2D eigenvalue weighted by Gasteiger charge is -2.32. The number of hydrogen-bond donors (Lipinski definition) is 2. The van der Waals surface area contributed by atoms with E-state index >= 15 is 0 Å². The fourth-order valence-electron chi connectivity index (χ4n) is 4.99. The standard InChI is InChI=1S/C23H33N3O5/c1-3-31-19-6-4-18(5-7-19)23(2)20(16-24-8-12-29-13-9-24)21(27)26(22(23)28)17-25-10-14-30-15-11-25/h4-7,20H,3,8-17H2,1-2H3/p+2/t20-,23+/m1/s1. The van der Waals surface area contributed by atoms with Crippen LogP contribution in [0.15, 0.2) is 24.3 Å². The van der Waals surface area contributed by atoms with Crippen LogP contribution in [0.25, 0.3) is 0 Å². The van der Waals surface area contributed by atoms with Crippen molar-refractivity contribution in [2.45, 2.75) is 19.3 Å². The maximum Gasteiger partial charge on any atom is 0.245 e. The molecule has 2 atom stereocenters. The summed E-state index contributed by atoms with van der Waals surface area (Å²) in [5.74, 6) is 0.265. The van der Waals surface area contributed by atoms with E-state index < -0.39 is 5.41 Å². The molecule has 0 unspecified atom stereocenters. The quantitative estimate of drug-likeness (QED) is 0.493. The van der Waals surface area contributed by atoms with Crippen LogP contribution in [0, 0.1) is 5.92 Å². The zero-order chi connectivity index (χ0) is 21.8. The lowest BCUT2D eigenvalue weighted by atomic mass is 9.73. The van der Waals surface area contributed by atoms with E-state index in [1.54, 1.807) is 0 Å². The van der Waals surface area contributed by atoms with E-state index in [0.717, 1.165) is 37.5 Å². The van der Waals surface area contributed by atoms with Crippen LogP contribution < -0.4 is 14.5 Å². The molecule has 3 saturated heterocycles. The molecule has 8 nitrogen and oxygen atoms in total. The Bertz CT molecular complexity index is 774. The molecule has 0 aromatic heterocycles. The van der Waals surface area contributed by atoms with Gasteiger partial charge in [0.2, 0.25) is 11.8 Å². The summed E-state index contributed by atoms with van der Waals surface area (Å²) >= 11 is 0. The third-order valence-corrected chi connectivity index (χ3v) is 6.99. The summed E-state index contributed by atoms with van der Waals surface area (Å²) in [6.07, 6.45) is 0. The van der Waals surface area contributed by atoms with Crippen LogP contribution in [0.1, 0.15) is 19.4 Å². The Morgan fingerprint density at radius 3 is 2.16 bits per heavy atom. The Hall–Kier alpha value is -2.00. The molecule has 1 aromatic rings. The molecule has 0 saturated carbocycles. The monoisotopic (exact) mass is 433 g/mol. The Kier molecular flexibility index (Phi) is 6.91. The second-order valence-corrected chi connectivity index (χ2v) is 8.87. The van der Waals surface area contributed by atoms with Crippen LogP contribution in [0.2, 0.25) is 0 Å². The van der Waals surface area contributed by atoms with Gasteiger partial charge in [0.1, 0.15) is 37.8 Å². The first-order valence-electron chi connectivity index (χ1n) is 11.5. The normalized spacial score (nSPS) is 28.3. The van der Waals surface area contributed by atoms with Gasteiger partial charge in [-0.3, -0.25) is 9.59 Å². The molecule has 4 rings (SSSR count). The van der Waals surface area contributed by atoms with Crippen molar-refractivity contribution in [3.8, 4) is 5.75 Å². The number of benzene rings is 1. The third-order valence-electron chi connectivity index (χ3n) is 6.99. The predicted molar refractivity (Wildman–Crippen MR) is 113 cm³/mol. The van der Waals surface area contributed by atoms with Crippen LogP contribution in [-0.4, -0.2) is 89.1 Å². The van der Waals surface area contributed by atoms with Gasteiger partial charge in [-0.25, -0.2) is 4.90 Å². The van der Waals surface area contributed by atoms with Crippen molar-refractivity contribution in [3.05, 3.63) is 29.8 Å². The molecule has 3 heterocycles. The molecule has 2 N–H and O–H groups in total. The fourth-order valence-corrected chi connectivity index (χ4v) is 4.99. The molecule has 8 heteroatoms. The van der Waals surface area contributed by atoms with E-state index in [-0.39, 0.29) is 17.7 Å². The van der Waals surface area contributed by atoms with Gasteiger partial charge in [-0.15, -0.1) is 0 Å². The van der Waals surface area contributed by atoms with Crippen molar-refractivity contribution < 1.29 is 33.6 Å². The molecular formula is C23H35N3O5+2. The zero-order valence-electron chi connectivity index (χ0n) is 18.7. The van der Waals surface area contributed by atoms with E-state index in [1.807, 2.05) is 38.1 Å². The SMILES string of the molecule is CCOc1ccc([C@]2(C)C(=O)N(C[NH+]3CCOCC3)C(=O)[C@H]2C[NH+]2CCOCC2)cc1. The summed E-state index contributed by atoms with van der Waals surface area (Å²) in [5.41, 5.74) is 0.00483. The van der Waals surface area contributed by atoms with E-state index in [1.165, 1.54) is 14.7 Å². The maximum atomic E-state index is 13.8. The van der Waals surface area contributed by atoms with Crippen LogP contribution in [0.4, 0.5) is 0 Å². The van der Waals surface area contributed by atoms with E-state index in [0.29, 0.717) is 46.2 Å². The number of carbonyl (C=O) groups is 2. The number of hydrogen-bond acceptors (Lipinski definition) is 5. The number of nitrogens with zero attached hydrogens (tertiary/aromatic N) is 1. The van der Waals surface area contributed by atoms with Gasteiger partial charge in [-0.2, -0.15) is 0 Å². The van der Waals surface area contributed by atoms with Gasteiger partial charge in [-0.1, -0.05) is 12.1 Å². The van der Waals surface area contributed by atoms with Crippen molar-refractivity contribution in [1.82, 2.24) is 4.90 Å². The van der Waals surface area contributed by atoms with Crippen LogP contribution >= 0.6 is 0 Å². The molecule has 170 valence electrons. The van der Waals surface area contributed by atoms with Crippen molar-refractivity contribution >= 4 is 11.8 Å². The first kappa shape index (κ1) is 22.2. The molecule has 3 fully saturated rings. The third kappa shape index (κ3) is 4.48. The van der Waals surface area contributed by atoms with Crippen LogP contribution in [0.5, 0.6) is 5.75 Å². The average Bonchev–Trinajstić information content (AvgIpc) is 2.98. The molecule has 3 aliphatic heterocycles. The smallest absolute Gasteiger partial charge is 0.245 e. The highest BCUT2D eigenvalue weighted by Crippen LogP contribution is 2.40. The summed E-state index contributed by atoms with van der Waals surface area (Å²) in [6, 6.07) is 7.69. The number of rotatable bonds is 7. The predicted octanol–water partition coefficient (Wildman–Crippen LogP) is -1.88. The van der Waals surface area contributed by atoms with Gasteiger partial charge in [0, 0.05) is 0 Å². The molecular weight excluding hydrogens is 398 g/mol. The van der Waals surface area contributed by atoms with Gasteiger partial charge >= 0.3 is 0 Å². The number of likely N-dealkylation sites (tertiary alicyclic amines) is 1. The first-order valence-corrected chi connectivity index (χ1v) is 11.5. The summed E-state index contributed by atoms with van der Waals surface area (Å²) in [6.45, 7) is 11.7. The molecule has 0 spiro atoms. The van der Waals surface area contributed by atoms with Gasteiger partial charge in [0.05, 0.1) is 45.0 Å². The lowest BCUT2D eigenvalue weighted by molar-refractivity contribution is -0.915. The summed E-state index contributed by atoms with van der Waals surface area (Å²) in [4.78, 5) is 31.5. The Balaban J connectivity index is 1.62. The topological polar surface area (TPSA) is 74.0 Å². The Morgan fingerprint density at radius 1 is 1.00 bits per heavy atom. The number of quaternary nitrogens is 2. The minimum atomic E-state index is -0.876. The molecule has 0 aliphatic carbocycles. The Morgan fingerprint density at radius 2 is 1.58 bits per heavy atom. The number of imide groups is 1. The first-order chi connectivity index (χ1) is 15.0. The highest BCUT2D eigenvalue weighted by atomic mass is 16.5. The van der Waals surface area contributed by atoms with Gasteiger partial charge < -0.3 is 24.0 Å². The van der Waals surface area contributed by atoms with Crippen molar-refractivity contribution in [2.24, 2.45) is 5.92 Å². The second-order valence-electron chi connectivity index (χ2n) is 8.87. The molecule has 31 heavy (non-hydrogen) atoms. The van der Waals surface area contributed by atoms with E-state index in [4.69, 9.17) is 14.2 Å². The fraction of sp³-hybridized carbons (Fsp3) is 0.652. The lowest BCUT2D eigenvalue weighted by Crippen LogP contribution is -3.15. The minimum absolute atomic E-state index is 0.0423. The number of amides is 2. The summed E-state index contributed by atoms with van der Waals surface area (Å²) in [7, 11) is 0. The Labute approximate surface area is 184 Å². The summed E-state index contributed by atoms with van der Waals surface area (Å²) < 4.78 is 16.5. The summed E-state index contributed by atoms with van der Waals surface area (Å²) in [5, 5.41) is 0. The number of nitrogens with one attached hydrogen (secondary N) is 2. The molecule has 0 radical (unpaired) electrons. The number of ether oxygens (including phenoxy) is 3. The van der Waals surface area contributed by atoms with E-state index in [2.05, 4.69) is 0 Å². The van der Waals surface area contributed by atoms with Gasteiger partial charge in [-0.05, 0) is 31.5 Å². The van der Waals surface area contributed by atoms with Crippen LogP contribution in [0.3, 0.4) is 0 Å². The number of morpholine rings is 2. The highest BCUT2D eigenvalue weighted by Gasteiger charge is 2.59. The largest absolute Gasteiger partial charge is 0.494 e. The van der Waals surface area contributed by atoms with Crippen molar-refractivity contribution in [2.75, 3.05) is 72.4 Å². The van der Waals surface area contributed by atoms with Crippen LogP contribution in [-0.2, 0) is 24.5 Å². The van der Waals surface area contributed by atoms with Gasteiger partial charge in [0.25, 0.3) is 0 Å². The average molecular weight is 434 g/mol. The molecule has 0 bridgehead atoms. The molecule has 1 aromatic carbocycles. The second kappa shape index (κ2) is 9.65. The number of carbonyl (C=O) groups excluding carboxylic acids is 2. The minimum Gasteiger partial charge on any atom is -0.494 e. The zero-order valence-corrected chi connectivity index (χ0v) is 18.7. The van der Waals surface area contributed by atoms with Gasteiger partial charge in [0.15, 0.2) is 6.67 Å². The maximum absolute atomic E-state index is 13.8. The highest BCUT2D eigenvalue weighted by molar-refractivity contribution is 6.10. The molecule has 3 aliphatic rings. The molecule has 2 amide bonds. The van der Waals surface area contributed by atoms with Crippen molar-refractivity contribution in [3.63, 3.8) is 0 Å². The van der Waals surface area contributed by atoms with E-state index in [9.17, 15) is 9.59 Å².